The third kappa shape index (κ3) is 20.3. The Balaban J connectivity index is 2.95. The summed E-state index contributed by atoms with van der Waals surface area (Å²) in [5, 5.41) is 8.53. The van der Waals surface area contributed by atoms with Crippen molar-refractivity contribution in [3.05, 3.63) is 0 Å². The average molecular weight is 391 g/mol. The number of rotatable bonds is 18. The monoisotopic (exact) mass is 389 g/mol. The van der Waals surface area contributed by atoms with Crippen LogP contribution in [0.4, 0.5) is 0 Å². The summed E-state index contributed by atoms with van der Waals surface area (Å²) >= 11 is 1.20. The fourth-order valence-corrected chi connectivity index (χ4v) is 3.10. The van der Waals surface area contributed by atoms with Gasteiger partial charge in [0.2, 0.25) is 0 Å². The molecule has 0 atom stereocenters. The standard InChI is InChI=1S/C18H35O3.Zr/c19-17-15-13-11-9-7-5-3-1-2-4-6-8-10-12-14-16-18(20)21;/h1-17H2,(H,20,21);/q-1;+1. The predicted octanol–water partition coefficient (Wildman–Crippen LogP) is 5.79. The summed E-state index contributed by atoms with van der Waals surface area (Å²) in [6.45, 7) is 0.956. The first-order valence-corrected chi connectivity index (χ1v) is 10.3. The molecule has 0 fully saturated rings. The summed E-state index contributed by atoms with van der Waals surface area (Å²) in [6.07, 6.45) is 19.8. The van der Waals surface area contributed by atoms with Gasteiger partial charge in [-0.05, 0) is 6.42 Å². The Hall–Kier alpha value is 0.313. The minimum absolute atomic E-state index is 0.341. The Morgan fingerprint density at radius 3 is 1.27 bits per heavy atom. The molecule has 0 unspecified atom stereocenters. The number of hydrogen-bond acceptors (Lipinski definition) is 2. The first-order chi connectivity index (χ1) is 10.8. The van der Waals surface area contributed by atoms with Gasteiger partial charge in [-0.2, -0.15) is 0 Å². The number of carboxylic acids is 1. The molecule has 22 heavy (non-hydrogen) atoms. The molecule has 0 rings (SSSR count). The van der Waals surface area contributed by atoms with E-state index in [4.69, 9.17) is 7.92 Å². The molecule has 129 valence electrons. The third-order valence-corrected chi connectivity index (χ3v) is 4.64. The molecule has 0 aromatic rings. The molecule has 0 aliphatic carbocycles. The van der Waals surface area contributed by atoms with E-state index >= 15 is 0 Å². The summed E-state index contributed by atoms with van der Waals surface area (Å²) in [5.41, 5.74) is 0. The van der Waals surface area contributed by atoms with Gasteiger partial charge in [-0.25, -0.2) is 0 Å². The van der Waals surface area contributed by atoms with Crippen molar-refractivity contribution in [2.45, 2.75) is 103 Å². The van der Waals surface area contributed by atoms with Gasteiger partial charge in [0.15, 0.2) is 0 Å². The van der Waals surface area contributed by atoms with E-state index in [0.717, 1.165) is 19.4 Å². The van der Waals surface area contributed by atoms with Crippen LogP contribution < -0.4 is 0 Å². The van der Waals surface area contributed by atoms with Crippen LogP contribution in [-0.2, 0) is 32.8 Å². The molecule has 0 amide bonds. The van der Waals surface area contributed by atoms with E-state index in [1.54, 1.807) is 0 Å². The van der Waals surface area contributed by atoms with E-state index in [-0.39, 0.29) is 0 Å². The number of carbonyl (C=O) groups is 1. The number of unbranched alkanes of at least 4 members (excludes halogenated alkanes) is 14. The summed E-state index contributed by atoms with van der Waals surface area (Å²) in [5.74, 6) is -0.657. The minimum atomic E-state index is -0.657. The summed E-state index contributed by atoms with van der Waals surface area (Å²) in [7, 11) is 0. The molecule has 0 aliphatic heterocycles. The van der Waals surface area contributed by atoms with Crippen LogP contribution in [0.3, 0.4) is 0 Å². The molecule has 0 aromatic heterocycles. The van der Waals surface area contributed by atoms with Crippen LogP contribution in [0.2, 0.25) is 0 Å². The Kier molecular flexibility index (Phi) is 19.6. The van der Waals surface area contributed by atoms with Gasteiger partial charge in [0.1, 0.15) is 0 Å². The molecule has 0 spiro atoms. The maximum absolute atomic E-state index is 10.4. The van der Waals surface area contributed by atoms with Crippen LogP contribution in [-0.4, -0.2) is 17.7 Å². The molecule has 0 aliphatic rings. The van der Waals surface area contributed by atoms with Crippen molar-refractivity contribution in [2.24, 2.45) is 0 Å². The van der Waals surface area contributed by atoms with E-state index in [1.165, 1.54) is 109 Å². The SMILES string of the molecule is O=C(O)CCCCCCCCCCCCCCCCC[O][Zr]. The molecule has 0 aromatic carbocycles. The molecule has 0 radical (unpaired) electrons. The van der Waals surface area contributed by atoms with Gasteiger partial charge in [0, 0.05) is 6.42 Å². The fourth-order valence-electron chi connectivity index (χ4n) is 2.75. The molecule has 3 nitrogen and oxygen atoms in total. The van der Waals surface area contributed by atoms with Crippen molar-refractivity contribution >= 4 is 5.97 Å². The van der Waals surface area contributed by atoms with Gasteiger partial charge < -0.3 is 5.11 Å². The quantitative estimate of drug-likeness (QED) is 0.301. The third-order valence-electron chi connectivity index (χ3n) is 4.14. The van der Waals surface area contributed by atoms with Gasteiger partial charge in [-0.15, -0.1) is 0 Å². The molecule has 0 saturated heterocycles. The second-order valence-electron chi connectivity index (χ2n) is 6.30. The molecule has 1 N–H and O–H groups in total. The van der Waals surface area contributed by atoms with Crippen LogP contribution in [0.15, 0.2) is 0 Å². The summed E-state index contributed by atoms with van der Waals surface area (Å²) in [6, 6.07) is 0. The first kappa shape index (κ1) is 22.3. The summed E-state index contributed by atoms with van der Waals surface area (Å²) < 4.78 is 5.14. The van der Waals surface area contributed by atoms with Crippen LogP contribution >= 0.6 is 0 Å². The average Bonchev–Trinajstić information content (AvgIpc) is 2.50. The van der Waals surface area contributed by atoms with Crippen molar-refractivity contribution in [3.8, 4) is 0 Å². The van der Waals surface area contributed by atoms with E-state index in [9.17, 15) is 4.79 Å². The zero-order valence-electron chi connectivity index (χ0n) is 14.3. The molecule has 0 saturated carbocycles. The van der Waals surface area contributed by atoms with Crippen LogP contribution in [0.1, 0.15) is 103 Å². The normalized spacial score (nSPS) is 10.9. The van der Waals surface area contributed by atoms with Gasteiger partial charge in [0.05, 0.1) is 0 Å². The van der Waals surface area contributed by atoms with E-state index in [2.05, 4.69) is 0 Å². The second kappa shape index (κ2) is 19.4. The molecule has 0 heterocycles. The van der Waals surface area contributed by atoms with Gasteiger partial charge in [-0.1, -0.05) is 25.7 Å². The van der Waals surface area contributed by atoms with E-state index in [1.807, 2.05) is 0 Å². The van der Waals surface area contributed by atoms with Gasteiger partial charge >= 0.3 is 105 Å². The molecule has 4 heteroatoms. The van der Waals surface area contributed by atoms with Crippen LogP contribution in [0.5, 0.6) is 0 Å². The number of aliphatic carboxylic acids is 1. The van der Waals surface area contributed by atoms with Crippen molar-refractivity contribution in [1.82, 2.24) is 0 Å². The van der Waals surface area contributed by atoms with Gasteiger partial charge in [0.25, 0.3) is 0 Å². The Bertz CT molecular complexity index is 234. The number of carboxylic acid groups (broad SMARTS) is 1. The first-order valence-electron chi connectivity index (χ1n) is 9.27. The Morgan fingerprint density at radius 1 is 0.636 bits per heavy atom. The topological polar surface area (TPSA) is 46.5 Å². The van der Waals surface area contributed by atoms with Crippen LogP contribution in [0.25, 0.3) is 0 Å². The zero-order chi connectivity index (χ0) is 16.3. The summed E-state index contributed by atoms with van der Waals surface area (Å²) in [4.78, 5) is 10.4. The van der Waals surface area contributed by atoms with Crippen molar-refractivity contribution in [2.75, 3.05) is 6.61 Å². The zero-order valence-corrected chi connectivity index (χ0v) is 16.7. The predicted molar refractivity (Wildman–Crippen MR) is 87.5 cm³/mol. The van der Waals surface area contributed by atoms with E-state index in [0.29, 0.717) is 6.42 Å². The van der Waals surface area contributed by atoms with Crippen molar-refractivity contribution < 1.29 is 37.9 Å². The molecular formula is C18H35O3Zr. The molecular weight excluding hydrogens is 355 g/mol. The van der Waals surface area contributed by atoms with Crippen molar-refractivity contribution in [1.29, 1.82) is 0 Å². The Morgan fingerprint density at radius 2 is 0.955 bits per heavy atom. The maximum atomic E-state index is 10.4. The molecule has 0 bridgehead atoms. The van der Waals surface area contributed by atoms with Crippen molar-refractivity contribution in [3.63, 3.8) is 0 Å². The van der Waals surface area contributed by atoms with Crippen LogP contribution in [0, 0.1) is 0 Å². The fraction of sp³-hybridized carbons (Fsp3) is 0.944. The Labute approximate surface area is 153 Å². The number of hydrogen-bond donors (Lipinski definition) is 1. The second-order valence-corrected chi connectivity index (χ2v) is 7.01. The van der Waals surface area contributed by atoms with E-state index < -0.39 is 5.97 Å². The van der Waals surface area contributed by atoms with Gasteiger partial charge in [-0.3, -0.25) is 4.79 Å².